The third-order valence-electron chi connectivity index (χ3n) is 2.28. The third kappa shape index (κ3) is 64.5. The highest BCUT2D eigenvalue weighted by atomic mass is 16.3. The van der Waals surface area contributed by atoms with E-state index in [1.165, 1.54) is 38.5 Å². The average molecular weight is 293 g/mol. The number of aliphatic hydroxyl groups is 2. The van der Waals surface area contributed by atoms with Gasteiger partial charge in [-0.15, -0.1) is 0 Å². The molecule has 0 radical (unpaired) electrons. The van der Waals surface area contributed by atoms with Crippen molar-refractivity contribution in [3.63, 3.8) is 0 Å². The molecule has 2 heteroatoms. The number of aliphatic hydroxyl groups excluding tert-OH is 2. The van der Waals surface area contributed by atoms with Crippen LogP contribution in [-0.4, -0.2) is 23.4 Å². The van der Waals surface area contributed by atoms with Gasteiger partial charge in [0.05, 0.1) is 0 Å². The van der Waals surface area contributed by atoms with E-state index in [0.29, 0.717) is 13.2 Å². The summed E-state index contributed by atoms with van der Waals surface area (Å²) in [5.41, 5.74) is 0. The predicted molar refractivity (Wildman–Crippen MR) is 94.3 cm³/mol. The van der Waals surface area contributed by atoms with Crippen LogP contribution in [0, 0.1) is 5.92 Å². The Bertz CT molecular complexity index is 97.6. The molecule has 2 N–H and O–H groups in total. The fourth-order valence-corrected chi connectivity index (χ4v) is 1.19. The molecule has 0 aliphatic rings. The molecule has 0 aromatic carbocycles. The third-order valence-corrected chi connectivity index (χ3v) is 2.28. The Morgan fingerprint density at radius 2 is 1.00 bits per heavy atom. The van der Waals surface area contributed by atoms with Crippen LogP contribution >= 0.6 is 0 Å². The predicted octanol–water partition coefficient (Wildman–Crippen LogP) is 5.81. The van der Waals surface area contributed by atoms with Gasteiger partial charge in [0.2, 0.25) is 0 Å². The van der Waals surface area contributed by atoms with E-state index in [1.54, 1.807) is 0 Å². The van der Waals surface area contributed by atoms with E-state index in [2.05, 4.69) is 34.6 Å². The molecule has 1 atom stereocenters. The number of hydrogen-bond donors (Lipinski definition) is 2. The number of rotatable bonds is 7. The molecule has 1 unspecified atom stereocenters. The van der Waals surface area contributed by atoms with Gasteiger partial charge in [0.25, 0.3) is 0 Å². The van der Waals surface area contributed by atoms with Crippen LogP contribution in [-0.2, 0) is 0 Å². The van der Waals surface area contributed by atoms with Crippen molar-refractivity contribution in [3.8, 4) is 0 Å². The van der Waals surface area contributed by atoms with Gasteiger partial charge >= 0.3 is 0 Å². The van der Waals surface area contributed by atoms with Crippen molar-refractivity contribution in [2.24, 2.45) is 5.92 Å². The Kier molecular flexibility index (Phi) is 51.2. The quantitative estimate of drug-likeness (QED) is 0.622. The molecule has 128 valence electrons. The van der Waals surface area contributed by atoms with Crippen molar-refractivity contribution >= 4 is 0 Å². The van der Waals surface area contributed by atoms with Crippen LogP contribution in [0.4, 0.5) is 0 Å². The molecule has 0 heterocycles. The minimum absolute atomic E-state index is 0.319. The highest BCUT2D eigenvalue weighted by molar-refractivity contribution is 4.50. The second-order valence-corrected chi connectivity index (χ2v) is 5.19. The van der Waals surface area contributed by atoms with Gasteiger partial charge in [0.1, 0.15) is 0 Å². The van der Waals surface area contributed by atoms with Crippen LogP contribution in [0.25, 0.3) is 0 Å². The molecule has 0 saturated carbocycles. The number of unbranched alkanes of at least 4 members (excludes halogenated alkanes) is 1. The maximum atomic E-state index is 7.88. The summed E-state index contributed by atoms with van der Waals surface area (Å²) >= 11 is 0. The lowest BCUT2D eigenvalue weighted by molar-refractivity contribution is 0.294. The van der Waals surface area contributed by atoms with Crippen molar-refractivity contribution in [2.45, 2.75) is 99.8 Å². The minimum Gasteiger partial charge on any atom is -0.396 e. The maximum absolute atomic E-state index is 7.88. The van der Waals surface area contributed by atoms with Crippen molar-refractivity contribution in [1.82, 2.24) is 0 Å². The molecule has 0 amide bonds. The first-order valence-electron chi connectivity index (χ1n) is 8.77. The first kappa shape index (κ1) is 28.1. The molecular weight excluding hydrogens is 248 g/mol. The summed E-state index contributed by atoms with van der Waals surface area (Å²) in [4.78, 5) is 0. The first-order valence-corrected chi connectivity index (χ1v) is 8.77. The topological polar surface area (TPSA) is 40.5 Å². The van der Waals surface area contributed by atoms with Crippen LogP contribution in [0.3, 0.4) is 0 Å². The van der Waals surface area contributed by atoms with Gasteiger partial charge in [-0.25, -0.2) is 0 Å². The van der Waals surface area contributed by atoms with E-state index in [-0.39, 0.29) is 0 Å². The molecule has 2 nitrogen and oxygen atoms in total. The standard InChI is InChI=1S/C9H20.2C3H8O.C3H8/c1-4-6-8-9(3)7-5-2;2*1-2-3-4;1-3-2/h9H,4-8H2,1-3H3;2*4H,2-3H2,1H3;3H2,1-2H3. The smallest absolute Gasteiger partial charge is 0.0428 e. The molecule has 0 spiro atoms. The Morgan fingerprint density at radius 3 is 1.20 bits per heavy atom. The summed E-state index contributed by atoms with van der Waals surface area (Å²) < 4.78 is 0. The lowest BCUT2D eigenvalue weighted by Gasteiger charge is -2.07. The Balaban J connectivity index is -0.0000000976. The molecule has 0 aliphatic carbocycles. The monoisotopic (exact) mass is 292 g/mol. The second kappa shape index (κ2) is 36.4. The molecule has 0 bridgehead atoms. The number of hydrogen-bond acceptors (Lipinski definition) is 2. The lowest BCUT2D eigenvalue weighted by atomic mass is 10.00. The molecule has 0 aliphatic heterocycles. The SMILES string of the molecule is CCC.CCCCC(C)CCC.CCCO.CCCO. The normalized spacial score (nSPS) is 10.1. The van der Waals surface area contributed by atoms with Gasteiger partial charge < -0.3 is 10.2 Å². The summed E-state index contributed by atoms with van der Waals surface area (Å²) in [7, 11) is 0. The van der Waals surface area contributed by atoms with Gasteiger partial charge in [-0.3, -0.25) is 0 Å². The fourth-order valence-electron chi connectivity index (χ4n) is 1.19. The zero-order valence-corrected chi connectivity index (χ0v) is 15.5. The molecule has 0 rings (SSSR count). The van der Waals surface area contributed by atoms with Crippen LogP contribution in [0.1, 0.15) is 99.8 Å². The van der Waals surface area contributed by atoms with Crippen LogP contribution < -0.4 is 0 Å². The van der Waals surface area contributed by atoms with E-state index in [0.717, 1.165) is 18.8 Å². The van der Waals surface area contributed by atoms with Crippen molar-refractivity contribution in [3.05, 3.63) is 0 Å². The van der Waals surface area contributed by atoms with E-state index in [4.69, 9.17) is 10.2 Å². The van der Waals surface area contributed by atoms with Gasteiger partial charge in [-0.1, -0.05) is 87.0 Å². The van der Waals surface area contributed by atoms with Crippen LogP contribution in [0.15, 0.2) is 0 Å². The van der Waals surface area contributed by atoms with Crippen molar-refractivity contribution < 1.29 is 10.2 Å². The average Bonchev–Trinajstić information content (AvgIpc) is 2.46. The summed E-state index contributed by atoms with van der Waals surface area (Å²) in [5.74, 6) is 0.968. The molecule has 0 aromatic rings. The zero-order valence-electron chi connectivity index (χ0n) is 15.5. The molecule has 20 heavy (non-hydrogen) atoms. The Morgan fingerprint density at radius 1 is 0.650 bits per heavy atom. The summed E-state index contributed by atoms with van der Waals surface area (Å²) in [6.45, 7) is 15.6. The summed E-state index contributed by atoms with van der Waals surface area (Å²) in [6.07, 6.45) is 9.98. The van der Waals surface area contributed by atoms with Gasteiger partial charge in [0, 0.05) is 13.2 Å². The van der Waals surface area contributed by atoms with E-state index < -0.39 is 0 Å². The Hall–Kier alpha value is -0.0800. The fraction of sp³-hybridized carbons (Fsp3) is 1.00. The highest BCUT2D eigenvalue weighted by Crippen LogP contribution is 2.12. The van der Waals surface area contributed by atoms with Gasteiger partial charge in [-0.05, 0) is 18.8 Å². The van der Waals surface area contributed by atoms with E-state index >= 15 is 0 Å². The first-order chi connectivity index (χ1) is 9.55. The zero-order chi connectivity index (χ0) is 16.6. The lowest BCUT2D eigenvalue weighted by Crippen LogP contribution is -1.92. The van der Waals surface area contributed by atoms with Crippen molar-refractivity contribution in [2.75, 3.05) is 13.2 Å². The van der Waals surface area contributed by atoms with Crippen LogP contribution in [0.2, 0.25) is 0 Å². The minimum atomic E-state index is 0.319. The molecule has 0 aromatic heterocycles. The molecule has 0 saturated heterocycles. The molecule has 0 fully saturated rings. The van der Waals surface area contributed by atoms with Crippen molar-refractivity contribution in [1.29, 1.82) is 0 Å². The molecular formula is C18H44O2. The highest BCUT2D eigenvalue weighted by Gasteiger charge is 1.97. The van der Waals surface area contributed by atoms with Gasteiger partial charge in [-0.2, -0.15) is 0 Å². The van der Waals surface area contributed by atoms with E-state index in [1.807, 2.05) is 13.8 Å². The van der Waals surface area contributed by atoms with Gasteiger partial charge in [0.15, 0.2) is 0 Å². The van der Waals surface area contributed by atoms with E-state index in [9.17, 15) is 0 Å². The second-order valence-electron chi connectivity index (χ2n) is 5.19. The Labute approximate surface area is 130 Å². The largest absolute Gasteiger partial charge is 0.396 e. The summed E-state index contributed by atoms with van der Waals surface area (Å²) in [5, 5.41) is 15.8. The van der Waals surface area contributed by atoms with Crippen LogP contribution in [0.5, 0.6) is 0 Å². The maximum Gasteiger partial charge on any atom is 0.0428 e. The summed E-state index contributed by atoms with van der Waals surface area (Å²) in [6, 6.07) is 0.